The molecule has 0 radical (unpaired) electrons. The van der Waals surface area contributed by atoms with Crippen molar-refractivity contribution in [1.29, 1.82) is 0 Å². The number of carbonyl (C=O) groups is 2. The fourth-order valence-electron chi connectivity index (χ4n) is 5.06. The zero-order valence-corrected chi connectivity index (χ0v) is 21.2. The average molecular weight is 476 g/mol. The number of benzene rings is 1. The minimum absolute atomic E-state index is 0.0610. The van der Waals surface area contributed by atoms with Gasteiger partial charge in [-0.25, -0.2) is 0 Å². The van der Waals surface area contributed by atoms with Crippen LogP contribution in [0.5, 0.6) is 17.2 Å². The van der Waals surface area contributed by atoms with E-state index in [1.807, 2.05) is 4.90 Å². The third kappa shape index (κ3) is 6.78. The van der Waals surface area contributed by atoms with Crippen molar-refractivity contribution in [1.82, 2.24) is 15.1 Å². The summed E-state index contributed by atoms with van der Waals surface area (Å²) < 4.78 is 16.1. The Morgan fingerprint density at radius 3 is 2.24 bits per heavy atom. The Kier molecular flexibility index (Phi) is 9.86. The van der Waals surface area contributed by atoms with Crippen LogP contribution in [0.4, 0.5) is 0 Å². The Morgan fingerprint density at radius 1 is 0.971 bits per heavy atom. The van der Waals surface area contributed by atoms with Crippen molar-refractivity contribution in [2.75, 3.05) is 54.1 Å². The average Bonchev–Trinajstić information content (AvgIpc) is 2.86. The molecule has 1 aromatic rings. The van der Waals surface area contributed by atoms with Gasteiger partial charge in [-0.3, -0.25) is 9.59 Å². The molecular weight excluding hydrogens is 434 g/mol. The van der Waals surface area contributed by atoms with Gasteiger partial charge in [0.2, 0.25) is 11.7 Å². The number of hydrogen-bond acceptors (Lipinski definition) is 6. The lowest BCUT2D eigenvalue weighted by atomic mass is 9.92. The number of nitrogens with zero attached hydrogens (tertiary/aromatic N) is 2. The Balaban J connectivity index is 1.41. The highest BCUT2D eigenvalue weighted by molar-refractivity contribution is 5.95. The van der Waals surface area contributed by atoms with E-state index in [0.29, 0.717) is 54.3 Å². The molecule has 34 heavy (non-hydrogen) atoms. The molecule has 8 nitrogen and oxygen atoms in total. The van der Waals surface area contributed by atoms with Gasteiger partial charge >= 0.3 is 0 Å². The van der Waals surface area contributed by atoms with Crippen LogP contribution in [0.15, 0.2) is 12.1 Å². The molecule has 0 spiro atoms. The highest BCUT2D eigenvalue weighted by atomic mass is 16.5. The second kappa shape index (κ2) is 12.8. The summed E-state index contributed by atoms with van der Waals surface area (Å²) in [7, 11) is 4.62. The quantitative estimate of drug-likeness (QED) is 0.523. The molecule has 0 aromatic heterocycles. The van der Waals surface area contributed by atoms with Gasteiger partial charge in [-0.2, -0.15) is 0 Å². The fraction of sp³-hybridized carbons (Fsp3) is 0.692. The smallest absolute Gasteiger partial charge is 0.254 e. The van der Waals surface area contributed by atoms with Crippen molar-refractivity contribution < 1.29 is 23.8 Å². The maximum Gasteiger partial charge on any atom is 0.254 e. The highest BCUT2D eigenvalue weighted by Gasteiger charge is 2.27. The molecule has 0 bridgehead atoms. The topological polar surface area (TPSA) is 80.3 Å². The normalized spacial score (nSPS) is 19.5. The van der Waals surface area contributed by atoms with Gasteiger partial charge in [-0.1, -0.05) is 6.42 Å². The van der Waals surface area contributed by atoms with Crippen LogP contribution in [0, 0.1) is 5.92 Å². The molecule has 2 fully saturated rings. The van der Waals surface area contributed by atoms with Crippen LogP contribution in [0.25, 0.3) is 0 Å². The molecule has 1 N–H and O–H groups in total. The molecular formula is C26H41N3O5. The molecule has 0 aliphatic carbocycles. The van der Waals surface area contributed by atoms with Crippen molar-refractivity contribution in [2.45, 2.75) is 57.9 Å². The predicted molar refractivity (Wildman–Crippen MR) is 132 cm³/mol. The molecule has 3 rings (SSSR count). The van der Waals surface area contributed by atoms with Gasteiger partial charge in [0.1, 0.15) is 0 Å². The summed E-state index contributed by atoms with van der Waals surface area (Å²) in [5.41, 5.74) is 0.508. The maximum absolute atomic E-state index is 13.1. The Morgan fingerprint density at radius 2 is 1.65 bits per heavy atom. The number of rotatable bonds is 10. The summed E-state index contributed by atoms with van der Waals surface area (Å²) in [6.07, 6.45) is 7.10. The minimum Gasteiger partial charge on any atom is -0.493 e. The van der Waals surface area contributed by atoms with E-state index in [0.717, 1.165) is 32.4 Å². The van der Waals surface area contributed by atoms with Crippen molar-refractivity contribution in [2.24, 2.45) is 5.92 Å². The Hall–Kier alpha value is -2.48. The number of carbonyl (C=O) groups excluding carboxylic acids is 2. The molecule has 190 valence electrons. The van der Waals surface area contributed by atoms with Crippen LogP contribution in [-0.2, 0) is 4.79 Å². The maximum atomic E-state index is 13.1. The highest BCUT2D eigenvalue weighted by Crippen LogP contribution is 2.38. The molecule has 1 atom stereocenters. The summed E-state index contributed by atoms with van der Waals surface area (Å²) in [6.45, 7) is 6.56. The van der Waals surface area contributed by atoms with E-state index in [9.17, 15) is 9.59 Å². The summed E-state index contributed by atoms with van der Waals surface area (Å²) in [5.74, 6) is 1.77. The predicted octanol–water partition coefficient (Wildman–Crippen LogP) is 3.34. The Bertz CT molecular complexity index is 798. The third-order valence-corrected chi connectivity index (χ3v) is 7.17. The first-order chi connectivity index (χ1) is 16.5. The van der Waals surface area contributed by atoms with E-state index in [1.165, 1.54) is 47.1 Å². The summed E-state index contributed by atoms with van der Waals surface area (Å²) in [5, 5.41) is 3.09. The van der Waals surface area contributed by atoms with Crippen LogP contribution in [-0.4, -0.2) is 81.7 Å². The van der Waals surface area contributed by atoms with E-state index in [1.54, 1.807) is 12.1 Å². The second-order valence-electron chi connectivity index (χ2n) is 9.44. The Labute approximate surface area is 203 Å². The van der Waals surface area contributed by atoms with Crippen molar-refractivity contribution in [3.8, 4) is 17.2 Å². The van der Waals surface area contributed by atoms with E-state index in [4.69, 9.17) is 14.2 Å². The lowest BCUT2D eigenvalue weighted by molar-refractivity contribution is -0.122. The number of nitrogens with one attached hydrogen (secondary N) is 1. The van der Waals surface area contributed by atoms with E-state index in [2.05, 4.69) is 17.1 Å². The van der Waals surface area contributed by atoms with Gasteiger partial charge in [0, 0.05) is 44.2 Å². The molecule has 2 amide bonds. The van der Waals surface area contributed by atoms with Gasteiger partial charge in [-0.05, 0) is 63.6 Å². The lowest BCUT2D eigenvalue weighted by Crippen LogP contribution is -2.40. The number of likely N-dealkylation sites (tertiary alicyclic amines) is 2. The van der Waals surface area contributed by atoms with Gasteiger partial charge in [0.25, 0.3) is 5.91 Å². The molecule has 0 unspecified atom stereocenters. The number of amides is 2. The third-order valence-electron chi connectivity index (χ3n) is 7.17. The number of hydrogen-bond donors (Lipinski definition) is 1. The van der Waals surface area contributed by atoms with Crippen LogP contribution in [0.1, 0.15) is 62.2 Å². The zero-order valence-electron chi connectivity index (χ0n) is 21.2. The van der Waals surface area contributed by atoms with Crippen LogP contribution in [0.3, 0.4) is 0 Å². The molecule has 0 saturated carbocycles. The molecule has 2 heterocycles. The summed E-state index contributed by atoms with van der Waals surface area (Å²) in [6, 6.07) is 4.04. The first-order valence-corrected chi connectivity index (χ1v) is 12.6. The molecule has 2 aliphatic rings. The van der Waals surface area contributed by atoms with E-state index in [-0.39, 0.29) is 11.8 Å². The van der Waals surface area contributed by atoms with Crippen molar-refractivity contribution >= 4 is 11.8 Å². The zero-order chi connectivity index (χ0) is 24.5. The first-order valence-electron chi connectivity index (χ1n) is 12.6. The largest absolute Gasteiger partial charge is 0.493 e. The first kappa shape index (κ1) is 26.1. The summed E-state index contributed by atoms with van der Waals surface area (Å²) in [4.78, 5) is 29.9. The SMILES string of the molecule is COc1cc(C(=O)N2CCC(CC(=O)NCCCN3CCCC[C@@H]3C)CC2)cc(OC)c1OC. The number of methoxy groups -OCH3 is 3. The van der Waals surface area contributed by atoms with Crippen molar-refractivity contribution in [3.63, 3.8) is 0 Å². The molecule has 2 saturated heterocycles. The van der Waals surface area contributed by atoms with Crippen molar-refractivity contribution in [3.05, 3.63) is 17.7 Å². The monoisotopic (exact) mass is 475 g/mol. The standard InChI is InChI=1S/C26H41N3O5/c1-19-8-5-6-12-28(19)13-7-11-27-24(30)16-20-9-14-29(15-10-20)26(31)21-17-22(32-2)25(34-4)23(18-21)33-3/h17-20H,5-16H2,1-4H3,(H,27,30)/t19-/m0/s1. The minimum atomic E-state index is -0.0610. The second-order valence-corrected chi connectivity index (χ2v) is 9.44. The molecule has 1 aromatic carbocycles. The summed E-state index contributed by atoms with van der Waals surface area (Å²) >= 11 is 0. The van der Waals surface area contributed by atoms with Crippen LogP contribution < -0.4 is 19.5 Å². The number of ether oxygens (including phenoxy) is 3. The van der Waals surface area contributed by atoms with Gasteiger partial charge < -0.3 is 29.3 Å². The van der Waals surface area contributed by atoms with Gasteiger partial charge in [-0.15, -0.1) is 0 Å². The van der Waals surface area contributed by atoms with Crippen LogP contribution in [0.2, 0.25) is 0 Å². The molecule has 2 aliphatic heterocycles. The van der Waals surface area contributed by atoms with E-state index >= 15 is 0 Å². The number of piperidine rings is 2. The van der Waals surface area contributed by atoms with Gasteiger partial charge in [0.15, 0.2) is 11.5 Å². The lowest BCUT2D eigenvalue weighted by Gasteiger charge is -2.33. The van der Waals surface area contributed by atoms with E-state index < -0.39 is 0 Å². The van der Waals surface area contributed by atoms with Gasteiger partial charge in [0.05, 0.1) is 21.3 Å². The van der Waals surface area contributed by atoms with Crippen LogP contribution >= 0.6 is 0 Å². The molecule has 8 heteroatoms. The fourth-order valence-corrected chi connectivity index (χ4v) is 5.06.